The van der Waals surface area contributed by atoms with Gasteiger partial charge in [0, 0.05) is 12.8 Å². The molecule has 0 unspecified atom stereocenters. The molecule has 0 spiro atoms. The molecule has 0 heterocycles. The molecule has 0 aliphatic rings. The number of hydrogen-bond acceptors (Lipinski definition) is 3. The van der Waals surface area contributed by atoms with E-state index in [2.05, 4.69) is 19.9 Å². The SMILES string of the molecule is CC(C)Cc1cc(Cc2ccc(O)cc2)c(O)c(Cc2ccccc2O)c1. The van der Waals surface area contributed by atoms with Crippen molar-refractivity contribution in [3.05, 3.63) is 88.5 Å². The fourth-order valence-electron chi connectivity index (χ4n) is 3.39. The van der Waals surface area contributed by atoms with Crippen LogP contribution in [0.3, 0.4) is 0 Å². The fourth-order valence-corrected chi connectivity index (χ4v) is 3.39. The van der Waals surface area contributed by atoms with Crippen LogP contribution >= 0.6 is 0 Å². The first-order valence-corrected chi connectivity index (χ1v) is 9.30. The molecule has 0 aromatic heterocycles. The van der Waals surface area contributed by atoms with Gasteiger partial charge < -0.3 is 15.3 Å². The van der Waals surface area contributed by atoms with Crippen molar-refractivity contribution in [2.45, 2.75) is 33.1 Å². The van der Waals surface area contributed by atoms with Gasteiger partial charge in [0.15, 0.2) is 0 Å². The molecule has 0 radical (unpaired) electrons. The molecule has 0 saturated heterocycles. The summed E-state index contributed by atoms with van der Waals surface area (Å²) in [5.74, 6) is 1.26. The minimum atomic E-state index is 0.233. The van der Waals surface area contributed by atoms with E-state index in [1.165, 1.54) is 5.56 Å². The Labute approximate surface area is 160 Å². The maximum absolute atomic E-state index is 10.9. The van der Waals surface area contributed by atoms with E-state index in [4.69, 9.17) is 0 Å². The summed E-state index contributed by atoms with van der Waals surface area (Å²) in [6, 6.07) is 18.4. The van der Waals surface area contributed by atoms with Crippen LogP contribution in [0.15, 0.2) is 60.7 Å². The number of aromatic hydroxyl groups is 3. The van der Waals surface area contributed by atoms with E-state index in [9.17, 15) is 15.3 Å². The third-order valence-electron chi connectivity index (χ3n) is 4.67. The first-order chi connectivity index (χ1) is 12.9. The average Bonchev–Trinajstić information content (AvgIpc) is 2.62. The maximum Gasteiger partial charge on any atom is 0.122 e. The Morgan fingerprint density at radius 2 is 1.33 bits per heavy atom. The highest BCUT2D eigenvalue weighted by atomic mass is 16.3. The van der Waals surface area contributed by atoms with Crippen LogP contribution in [-0.4, -0.2) is 15.3 Å². The molecule has 140 valence electrons. The van der Waals surface area contributed by atoms with Crippen LogP contribution in [0.5, 0.6) is 17.2 Å². The van der Waals surface area contributed by atoms with Gasteiger partial charge in [0.05, 0.1) is 0 Å². The minimum Gasteiger partial charge on any atom is -0.508 e. The fraction of sp³-hybridized carbons (Fsp3) is 0.250. The maximum atomic E-state index is 10.9. The van der Waals surface area contributed by atoms with Gasteiger partial charge in [-0.25, -0.2) is 0 Å². The second-order valence-corrected chi connectivity index (χ2v) is 7.51. The molecule has 0 aliphatic carbocycles. The molecule has 0 saturated carbocycles. The number of hydrogen-bond donors (Lipinski definition) is 3. The number of phenolic OH excluding ortho intramolecular Hbond substituents is 3. The quantitative estimate of drug-likeness (QED) is 0.566. The monoisotopic (exact) mass is 362 g/mol. The number of benzene rings is 3. The number of rotatable bonds is 6. The molecule has 3 aromatic rings. The molecule has 27 heavy (non-hydrogen) atoms. The van der Waals surface area contributed by atoms with Crippen LogP contribution in [0.1, 0.15) is 41.7 Å². The van der Waals surface area contributed by atoms with Crippen molar-refractivity contribution in [3.63, 3.8) is 0 Å². The van der Waals surface area contributed by atoms with Crippen LogP contribution in [0, 0.1) is 5.92 Å². The third kappa shape index (κ3) is 4.82. The zero-order valence-electron chi connectivity index (χ0n) is 15.8. The summed E-state index contributed by atoms with van der Waals surface area (Å²) in [7, 11) is 0. The van der Waals surface area contributed by atoms with Crippen LogP contribution in [0.25, 0.3) is 0 Å². The lowest BCUT2D eigenvalue weighted by atomic mass is 9.92. The Bertz CT molecular complexity index is 911. The normalized spacial score (nSPS) is 11.1. The van der Waals surface area contributed by atoms with Crippen molar-refractivity contribution in [1.82, 2.24) is 0 Å². The lowest BCUT2D eigenvalue weighted by Crippen LogP contribution is -2.01. The van der Waals surface area contributed by atoms with Gasteiger partial charge in [0.25, 0.3) is 0 Å². The smallest absolute Gasteiger partial charge is 0.122 e. The van der Waals surface area contributed by atoms with Gasteiger partial charge in [-0.05, 0) is 58.4 Å². The number of para-hydroxylation sites is 1. The Kier molecular flexibility index (Phi) is 5.70. The summed E-state index contributed by atoms with van der Waals surface area (Å²) >= 11 is 0. The topological polar surface area (TPSA) is 60.7 Å². The van der Waals surface area contributed by atoms with E-state index < -0.39 is 0 Å². The third-order valence-corrected chi connectivity index (χ3v) is 4.67. The summed E-state index contributed by atoms with van der Waals surface area (Å²) in [6.07, 6.45) is 2.00. The van der Waals surface area contributed by atoms with Crippen LogP contribution in [-0.2, 0) is 19.3 Å². The van der Waals surface area contributed by atoms with E-state index in [0.29, 0.717) is 18.8 Å². The molecule has 0 bridgehead atoms. The van der Waals surface area contributed by atoms with Gasteiger partial charge in [0.1, 0.15) is 17.2 Å². The summed E-state index contributed by atoms with van der Waals surface area (Å²) in [6.45, 7) is 4.35. The second kappa shape index (κ2) is 8.17. The summed E-state index contributed by atoms with van der Waals surface area (Å²) in [4.78, 5) is 0. The van der Waals surface area contributed by atoms with Crippen LogP contribution in [0.2, 0.25) is 0 Å². The van der Waals surface area contributed by atoms with E-state index in [-0.39, 0.29) is 17.2 Å². The van der Waals surface area contributed by atoms with Crippen molar-refractivity contribution in [1.29, 1.82) is 0 Å². The highest BCUT2D eigenvalue weighted by Crippen LogP contribution is 2.32. The zero-order valence-corrected chi connectivity index (χ0v) is 15.8. The highest BCUT2D eigenvalue weighted by Gasteiger charge is 2.14. The van der Waals surface area contributed by atoms with E-state index in [1.54, 1.807) is 24.3 Å². The second-order valence-electron chi connectivity index (χ2n) is 7.51. The lowest BCUT2D eigenvalue weighted by Gasteiger charge is -2.15. The van der Waals surface area contributed by atoms with Crippen molar-refractivity contribution in [2.24, 2.45) is 5.92 Å². The Morgan fingerprint density at radius 1 is 0.704 bits per heavy atom. The molecule has 0 fully saturated rings. The van der Waals surface area contributed by atoms with Crippen LogP contribution < -0.4 is 0 Å². The zero-order chi connectivity index (χ0) is 19.4. The van der Waals surface area contributed by atoms with Gasteiger partial charge in [-0.2, -0.15) is 0 Å². The van der Waals surface area contributed by atoms with Gasteiger partial charge >= 0.3 is 0 Å². The first-order valence-electron chi connectivity index (χ1n) is 9.30. The molecule has 3 nitrogen and oxygen atoms in total. The first kappa shape index (κ1) is 18.8. The van der Waals surface area contributed by atoms with Gasteiger partial charge in [-0.15, -0.1) is 0 Å². The molecule has 0 aliphatic heterocycles. The van der Waals surface area contributed by atoms with Crippen molar-refractivity contribution < 1.29 is 15.3 Å². The minimum absolute atomic E-state index is 0.233. The van der Waals surface area contributed by atoms with Crippen molar-refractivity contribution in [3.8, 4) is 17.2 Å². The Hall–Kier alpha value is -2.94. The Balaban J connectivity index is 1.98. The molecule has 3 aromatic carbocycles. The lowest BCUT2D eigenvalue weighted by molar-refractivity contribution is 0.458. The molecule has 3 heteroatoms. The Morgan fingerprint density at radius 3 is 1.96 bits per heavy atom. The summed E-state index contributed by atoms with van der Waals surface area (Å²) in [5, 5.41) is 30.5. The van der Waals surface area contributed by atoms with Gasteiger partial charge in [0.2, 0.25) is 0 Å². The van der Waals surface area contributed by atoms with Gasteiger partial charge in [-0.3, -0.25) is 0 Å². The molecule has 0 amide bonds. The summed E-state index contributed by atoms with van der Waals surface area (Å²) < 4.78 is 0. The molecule has 3 N–H and O–H groups in total. The molecular formula is C24H26O3. The molecular weight excluding hydrogens is 336 g/mol. The van der Waals surface area contributed by atoms with Crippen molar-refractivity contribution >= 4 is 0 Å². The summed E-state index contributed by atoms with van der Waals surface area (Å²) in [5.41, 5.74) is 4.69. The van der Waals surface area contributed by atoms with E-state index >= 15 is 0 Å². The van der Waals surface area contributed by atoms with E-state index in [1.807, 2.05) is 30.3 Å². The van der Waals surface area contributed by atoms with E-state index in [0.717, 1.165) is 28.7 Å². The predicted octanol–water partition coefficient (Wildman–Crippen LogP) is 5.18. The van der Waals surface area contributed by atoms with Crippen LogP contribution in [0.4, 0.5) is 0 Å². The largest absolute Gasteiger partial charge is 0.508 e. The van der Waals surface area contributed by atoms with Crippen molar-refractivity contribution in [2.75, 3.05) is 0 Å². The van der Waals surface area contributed by atoms with Gasteiger partial charge in [-0.1, -0.05) is 56.3 Å². The molecule has 0 atom stereocenters. The number of phenols is 3. The average molecular weight is 362 g/mol. The predicted molar refractivity (Wildman–Crippen MR) is 108 cm³/mol. The molecule has 3 rings (SSSR count). The standard InChI is InChI=1S/C24H26O3/c1-16(2)11-18-13-20(12-17-7-9-22(25)10-8-17)24(27)21(14-18)15-19-5-3-4-6-23(19)26/h3-10,13-14,16,25-27H,11-12,15H2,1-2H3. The highest BCUT2D eigenvalue weighted by molar-refractivity contribution is 5.49.